The summed E-state index contributed by atoms with van der Waals surface area (Å²) in [5.74, 6) is 0. The largest absolute Gasteiger partial charge is 0.390 e. The molecule has 1 heterocycles. The molecule has 0 amide bonds. The fraction of sp³-hybridized carbons (Fsp3) is 0.400. The van der Waals surface area contributed by atoms with Crippen molar-refractivity contribution in [3.05, 3.63) is 30.3 Å². The molecule has 3 unspecified atom stereocenters. The van der Waals surface area contributed by atoms with Gasteiger partial charge in [-0.3, -0.25) is 4.21 Å². The van der Waals surface area contributed by atoms with E-state index in [0.29, 0.717) is 13.1 Å². The summed E-state index contributed by atoms with van der Waals surface area (Å²) in [6.07, 6.45) is -0.490. The summed E-state index contributed by atoms with van der Waals surface area (Å²) in [4.78, 5) is 0.792. The average Bonchev–Trinajstić information content (AvgIpc) is 2.65. The first-order chi connectivity index (χ1) is 6.79. The fourth-order valence-electron chi connectivity index (χ4n) is 1.59. The molecule has 0 bridgehead atoms. The Bertz CT molecular complexity index is 328. The first-order valence-corrected chi connectivity index (χ1v) is 5.85. The van der Waals surface area contributed by atoms with Crippen molar-refractivity contribution >= 4 is 10.8 Å². The molecule has 1 saturated heterocycles. The van der Waals surface area contributed by atoms with Crippen LogP contribution >= 0.6 is 0 Å². The van der Waals surface area contributed by atoms with Gasteiger partial charge in [-0.1, -0.05) is 18.2 Å². The Labute approximate surface area is 85.6 Å². The van der Waals surface area contributed by atoms with Crippen LogP contribution in [0.2, 0.25) is 0 Å². The Hall–Kier alpha value is -0.710. The van der Waals surface area contributed by atoms with Gasteiger partial charge in [0.05, 0.1) is 22.2 Å². The normalized spacial score (nSPS) is 28.9. The number of aliphatic hydroxyl groups excluding tert-OH is 1. The maximum absolute atomic E-state index is 12.0. The van der Waals surface area contributed by atoms with Crippen molar-refractivity contribution in [1.82, 2.24) is 5.32 Å². The van der Waals surface area contributed by atoms with E-state index in [4.69, 9.17) is 0 Å². The van der Waals surface area contributed by atoms with Gasteiger partial charge in [0.25, 0.3) is 0 Å². The van der Waals surface area contributed by atoms with Crippen LogP contribution in [0.25, 0.3) is 0 Å². The number of nitrogens with one attached hydrogen (secondary N) is 1. The standard InChI is InChI=1S/C10H13NO2S/c12-9-6-11-7-10(9)14(13)8-4-2-1-3-5-8/h1-5,9-12H,6-7H2. The Kier molecular flexibility index (Phi) is 2.96. The highest BCUT2D eigenvalue weighted by atomic mass is 32.2. The van der Waals surface area contributed by atoms with Crippen LogP contribution in [0.5, 0.6) is 0 Å². The number of rotatable bonds is 2. The topological polar surface area (TPSA) is 49.3 Å². The lowest BCUT2D eigenvalue weighted by Gasteiger charge is -2.12. The third-order valence-corrected chi connectivity index (χ3v) is 4.15. The van der Waals surface area contributed by atoms with Gasteiger partial charge in [-0.15, -0.1) is 0 Å². The molecule has 0 spiro atoms. The van der Waals surface area contributed by atoms with E-state index in [1.54, 1.807) is 0 Å². The fourth-order valence-corrected chi connectivity index (χ4v) is 3.01. The third-order valence-electron chi connectivity index (χ3n) is 2.38. The monoisotopic (exact) mass is 211 g/mol. The second-order valence-electron chi connectivity index (χ2n) is 3.37. The smallest absolute Gasteiger partial charge is 0.0823 e. The minimum absolute atomic E-state index is 0.169. The molecule has 2 rings (SSSR count). The van der Waals surface area contributed by atoms with E-state index in [9.17, 15) is 9.32 Å². The Morgan fingerprint density at radius 1 is 1.29 bits per heavy atom. The van der Waals surface area contributed by atoms with Crippen LogP contribution in [-0.2, 0) is 10.8 Å². The van der Waals surface area contributed by atoms with Gasteiger partial charge in [-0.25, -0.2) is 0 Å². The number of hydrogen-bond acceptors (Lipinski definition) is 3. The summed E-state index contributed by atoms with van der Waals surface area (Å²) in [6, 6.07) is 9.29. The summed E-state index contributed by atoms with van der Waals surface area (Å²) < 4.78 is 12.0. The second kappa shape index (κ2) is 4.21. The number of β-amino-alcohol motifs (C(OH)–C–C–N with tert-alkyl or cyclic N) is 1. The van der Waals surface area contributed by atoms with Gasteiger partial charge in [0, 0.05) is 18.0 Å². The third kappa shape index (κ3) is 1.87. The van der Waals surface area contributed by atoms with Gasteiger partial charge in [0.1, 0.15) is 0 Å². The maximum Gasteiger partial charge on any atom is 0.0823 e. The second-order valence-corrected chi connectivity index (χ2v) is 5.05. The van der Waals surface area contributed by atoms with Gasteiger partial charge in [-0.2, -0.15) is 0 Å². The van der Waals surface area contributed by atoms with Crippen LogP contribution in [0, 0.1) is 0 Å². The van der Waals surface area contributed by atoms with Crippen LogP contribution in [0.4, 0.5) is 0 Å². The van der Waals surface area contributed by atoms with Crippen molar-refractivity contribution in [2.24, 2.45) is 0 Å². The van der Waals surface area contributed by atoms with Crippen molar-refractivity contribution in [3.63, 3.8) is 0 Å². The predicted molar refractivity (Wildman–Crippen MR) is 55.5 cm³/mol. The Morgan fingerprint density at radius 2 is 2.00 bits per heavy atom. The quantitative estimate of drug-likeness (QED) is 0.731. The molecule has 1 aromatic rings. The van der Waals surface area contributed by atoms with E-state index in [1.807, 2.05) is 30.3 Å². The summed E-state index contributed by atoms with van der Waals surface area (Å²) in [6.45, 7) is 1.17. The molecule has 14 heavy (non-hydrogen) atoms. The van der Waals surface area contributed by atoms with Gasteiger partial charge in [0.15, 0.2) is 0 Å². The van der Waals surface area contributed by atoms with Crippen molar-refractivity contribution in [3.8, 4) is 0 Å². The molecule has 1 aliphatic heterocycles. The van der Waals surface area contributed by atoms with Gasteiger partial charge >= 0.3 is 0 Å². The SMILES string of the molecule is O=S(c1ccccc1)C1CNCC1O. The summed E-state index contributed by atoms with van der Waals surface area (Å²) in [7, 11) is -1.10. The molecular weight excluding hydrogens is 198 g/mol. The summed E-state index contributed by atoms with van der Waals surface area (Å²) in [5.41, 5.74) is 0. The minimum Gasteiger partial charge on any atom is -0.390 e. The van der Waals surface area contributed by atoms with Crippen LogP contribution in [0.3, 0.4) is 0 Å². The molecule has 0 saturated carbocycles. The van der Waals surface area contributed by atoms with Crippen LogP contribution in [0.1, 0.15) is 0 Å². The van der Waals surface area contributed by atoms with E-state index >= 15 is 0 Å². The Balaban J connectivity index is 2.16. The zero-order valence-corrected chi connectivity index (χ0v) is 8.54. The predicted octanol–water partition coefficient (Wildman–Crippen LogP) is 0.127. The highest BCUT2D eigenvalue weighted by molar-refractivity contribution is 7.85. The molecule has 0 aromatic heterocycles. The van der Waals surface area contributed by atoms with E-state index in [2.05, 4.69) is 5.32 Å². The van der Waals surface area contributed by atoms with E-state index in [-0.39, 0.29) is 5.25 Å². The van der Waals surface area contributed by atoms with Gasteiger partial charge < -0.3 is 10.4 Å². The molecule has 2 N–H and O–H groups in total. The van der Waals surface area contributed by atoms with Crippen LogP contribution in [-0.4, -0.2) is 33.8 Å². The first-order valence-electron chi connectivity index (χ1n) is 4.63. The molecule has 1 aromatic carbocycles. The number of aliphatic hydroxyl groups is 1. The first kappa shape index (κ1) is 9.83. The molecule has 3 atom stereocenters. The Morgan fingerprint density at radius 3 is 2.57 bits per heavy atom. The number of hydrogen-bond donors (Lipinski definition) is 2. The highest BCUT2D eigenvalue weighted by Gasteiger charge is 2.30. The summed E-state index contributed by atoms with van der Waals surface area (Å²) >= 11 is 0. The molecule has 0 radical (unpaired) electrons. The lowest BCUT2D eigenvalue weighted by Crippen LogP contribution is -2.28. The molecule has 0 aliphatic carbocycles. The maximum atomic E-state index is 12.0. The zero-order chi connectivity index (χ0) is 9.97. The lowest BCUT2D eigenvalue weighted by molar-refractivity contribution is 0.199. The van der Waals surface area contributed by atoms with Crippen molar-refractivity contribution in [2.45, 2.75) is 16.2 Å². The average molecular weight is 211 g/mol. The van der Waals surface area contributed by atoms with E-state index in [0.717, 1.165) is 4.90 Å². The zero-order valence-electron chi connectivity index (χ0n) is 7.72. The van der Waals surface area contributed by atoms with Crippen molar-refractivity contribution in [1.29, 1.82) is 0 Å². The number of benzene rings is 1. The van der Waals surface area contributed by atoms with Crippen LogP contribution < -0.4 is 5.32 Å². The molecule has 1 aliphatic rings. The van der Waals surface area contributed by atoms with Crippen LogP contribution in [0.15, 0.2) is 35.2 Å². The molecule has 4 heteroatoms. The van der Waals surface area contributed by atoms with Crippen molar-refractivity contribution in [2.75, 3.05) is 13.1 Å². The summed E-state index contributed by atoms with van der Waals surface area (Å²) in [5, 5.41) is 12.4. The molecular formula is C10H13NO2S. The molecule has 3 nitrogen and oxygen atoms in total. The van der Waals surface area contributed by atoms with Crippen molar-refractivity contribution < 1.29 is 9.32 Å². The van der Waals surface area contributed by atoms with Gasteiger partial charge in [-0.05, 0) is 12.1 Å². The molecule has 1 fully saturated rings. The lowest BCUT2D eigenvalue weighted by atomic mass is 10.3. The minimum atomic E-state index is -1.10. The van der Waals surface area contributed by atoms with Gasteiger partial charge in [0.2, 0.25) is 0 Å². The molecule has 76 valence electrons. The van der Waals surface area contributed by atoms with E-state index in [1.165, 1.54) is 0 Å². The highest BCUT2D eigenvalue weighted by Crippen LogP contribution is 2.15. The van der Waals surface area contributed by atoms with E-state index < -0.39 is 16.9 Å².